The van der Waals surface area contributed by atoms with Gasteiger partial charge in [-0.25, -0.2) is 4.98 Å². The van der Waals surface area contributed by atoms with E-state index in [-0.39, 0.29) is 6.10 Å². The monoisotopic (exact) mass is 262 g/mol. The number of aliphatic hydroxyl groups is 1. The fraction of sp³-hybridized carbons (Fsp3) is 0.357. The van der Waals surface area contributed by atoms with E-state index in [2.05, 4.69) is 16.0 Å². The van der Waals surface area contributed by atoms with Crippen molar-refractivity contribution in [1.29, 1.82) is 0 Å². The summed E-state index contributed by atoms with van der Waals surface area (Å²) in [6.07, 6.45) is 1.43. The number of anilines is 1. The lowest BCUT2D eigenvalue weighted by Crippen LogP contribution is -2.36. The van der Waals surface area contributed by atoms with E-state index in [1.807, 2.05) is 24.3 Å². The van der Waals surface area contributed by atoms with Crippen LogP contribution in [0.15, 0.2) is 30.3 Å². The number of hydrogen-bond donors (Lipinski definition) is 1. The molecule has 0 spiro atoms. The predicted molar refractivity (Wildman–Crippen MR) is 74.2 cm³/mol. The Hall–Kier alpha value is -1.32. The smallest absolute Gasteiger partial charge is 0.139 e. The van der Waals surface area contributed by atoms with Crippen LogP contribution in [0.3, 0.4) is 0 Å². The standard InChI is InChI=1S/C14H15ClN2O/c15-14-12-4-2-1-3-10(12)9-13(16-14)17-7-5-11(18)6-8-17/h1-4,9,11,18H,5-8H2. The average Bonchev–Trinajstić information content (AvgIpc) is 2.39. The van der Waals surface area contributed by atoms with Crippen LogP contribution >= 0.6 is 11.6 Å². The van der Waals surface area contributed by atoms with Gasteiger partial charge in [-0.3, -0.25) is 0 Å². The van der Waals surface area contributed by atoms with E-state index in [1.54, 1.807) is 0 Å². The van der Waals surface area contributed by atoms with E-state index in [0.717, 1.165) is 42.5 Å². The van der Waals surface area contributed by atoms with Gasteiger partial charge < -0.3 is 10.0 Å². The molecule has 1 aromatic heterocycles. The van der Waals surface area contributed by atoms with Crippen molar-refractivity contribution in [2.75, 3.05) is 18.0 Å². The normalized spacial score (nSPS) is 17.3. The first kappa shape index (κ1) is 11.8. The lowest BCUT2D eigenvalue weighted by atomic mass is 10.1. The van der Waals surface area contributed by atoms with Crippen molar-refractivity contribution in [3.8, 4) is 0 Å². The van der Waals surface area contributed by atoms with Crippen molar-refractivity contribution in [1.82, 2.24) is 4.98 Å². The first-order chi connectivity index (χ1) is 8.74. The molecule has 94 valence electrons. The zero-order valence-electron chi connectivity index (χ0n) is 10.0. The summed E-state index contributed by atoms with van der Waals surface area (Å²) in [5.74, 6) is 0.908. The average molecular weight is 263 g/mol. The SMILES string of the molecule is OC1CCN(c2cc3ccccc3c(Cl)n2)CC1. The minimum absolute atomic E-state index is 0.169. The number of piperidine rings is 1. The number of aliphatic hydroxyl groups excluding tert-OH is 1. The Morgan fingerprint density at radius 1 is 1.22 bits per heavy atom. The van der Waals surface area contributed by atoms with E-state index in [1.165, 1.54) is 0 Å². The molecule has 0 atom stereocenters. The van der Waals surface area contributed by atoms with Crippen LogP contribution in [0.2, 0.25) is 5.15 Å². The number of halogens is 1. The van der Waals surface area contributed by atoms with Gasteiger partial charge in [0, 0.05) is 18.5 Å². The molecular weight excluding hydrogens is 248 g/mol. The van der Waals surface area contributed by atoms with Gasteiger partial charge in [-0.2, -0.15) is 0 Å². The minimum atomic E-state index is -0.169. The summed E-state index contributed by atoms with van der Waals surface area (Å²) >= 11 is 6.22. The third kappa shape index (κ3) is 2.16. The Bertz CT molecular complexity index is 565. The zero-order chi connectivity index (χ0) is 12.5. The maximum Gasteiger partial charge on any atom is 0.139 e. The number of aromatic nitrogens is 1. The molecule has 2 aromatic rings. The van der Waals surface area contributed by atoms with Crippen LogP contribution in [0.4, 0.5) is 5.82 Å². The molecule has 1 fully saturated rings. The van der Waals surface area contributed by atoms with Gasteiger partial charge in [-0.15, -0.1) is 0 Å². The third-order valence-corrected chi connectivity index (χ3v) is 3.76. The second kappa shape index (κ2) is 4.75. The Balaban J connectivity index is 1.97. The minimum Gasteiger partial charge on any atom is -0.393 e. The largest absolute Gasteiger partial charge is 0.393 e. The summed E-state index contributed by atoms with van der Waals surface area (Å²) in [5.41, 5.74) is 0. The number of hydrogen-bond acceptors (Lipinski definition) is 3. The molecule has 0 radical (unpaired) electrons. The highest BCUT2D eigenvalue weighted by atomic mass is 35.5. The topological polar surface area (TPSA) is 36.4 Å². The van der Waals surface area contributed by atoms with Crippen molar-refractivity contribution in [2.24, 2.45) is 0 Å². The summed E-state index contributed by atoms with van der Waals surface area (Å²) in [7, 11) is 0. The maximum absolute atomic E-state index is 9.53. The highest BCUT2D eigenvalue weighted by Crippen LogP contribution is 2.27. The summed E-state index contributed by atoms with van der Waals surface area (Å²) in [6, 6.07) is 10.1. The molecule has 18 heavy (non-hydrogen) atoms. The molecule has 3 nitrogen and oxygen atoms in total. The molecule has 1 aromatic carbocycles. The van der Waals surface area contributed by atoms with Gasteiger partial charge in [0.15, 0.2) is 0 Å². The van der Waals surface area contributed by atoms with Gasteiger partial charge in [0.2, 0.25) is 0 Å². The Kier molecular flexibility index (Phi) is 3.10. The van der Waals surface area contributed by atoms with Crippen LogP contribution in [0, 0.1) is 0 Å². The highest BCUT2D eigenvalue weighted by molar-refractivity contribution is 6.34. The number of rotatable bonds is 1. The summed E-state index contributed by atoms with van der Waals surface area (Å²) < 4.78 is 0. The first-order valence-electron chi connectivity index (χ1n) is 6.22. The number of pyridine rings is 1. The Morgan fingerprint density at radius 2 is 1.94 bits per heavy atom. The van der Waals surface area contributed by atoms with Gasteiger partial charge in [0.1, 0.15) is 11.0 Å². The molecule has 0 saturated carbocycles. The van der Waals surface area contributed by atoms with E-state index in [9.17, 15) is 5.11 Å². The second-order valence-electron chi connectivity index (χ2n) is 4.71. The molecule has 0 aliphatic carbocycles. The van der Waals surface area contributed by atoms with E-state index in [4.69, 9.17) is 11.6 Å². The van der Waals surface area contributed by atoms with Crippen molar-refractivity contribution in [2.45, 2.75) is 18.9 Å². The molecule has 0 unspecified atom stereocenters. The van der Waals surface area contributed by atoms with Gasteiger partial charge in [-0.1, -0.05) is 35.9 Å². The summed E-state index contributed by atoms with van der Waals surface area (Å²) in [4.78, 5) is 6.65. The first-order valence-corrected chi connectivity index (χ1v) is 6.60. The van der Waals surface area contributed by atoms with Crippen LogP contribution in [0.5, 0.6) is 0 Å². The molecule has 0 bridgehead atoms. The molecule has 1 saturated heterocycles. The second-order valence-corrected chi connectivity index (χ2v) is 5.07. The van der Waals surface area contributed by atoms with Crippen LogP contribution < -0.4 is 4.90 Å². The molecule has 2 heterocycles. The van der Waals surface area contributed by atoms with Gasteiger partial charge in [0.25, 0.3) is 0 Å². The van der Waals surface area contributed by atoms with Crippen molar-refractivity contribution in [3.63, 3.8) is 0 Å². The van der Waals surface area contributed by atoms with Crippen molar-refractivity contribution < 1.29 is 5.11 Å². The van der Waals surface area contributed by atoms with E-state index in [0.29, 0.717) is 5.15 Å². The van der Waals surface area contributed by atoms with Crippen LogP contribution in [0.25, 0.3) is 10.8 Å². The number of nitrogens with zero attached hydrogens (tertiary/aromatic N) is 2. The van der Waals surface area contributed by atoms with Crippen LogP contribution in [-0.4, -0.2) is 29.3 Å². The van der Waals surface area contributed by atoms with Crippen LogP contribution in [0.1, 0.15) is 12.8 Å². The molecule has 1 N–H and O–H groups in total. The molecule has 4 heteroatoms. The Morgan fingerprint density at radius 3 is 2.72 bits per heavy atom. The maximum atomic E-state index is 9.53. The van der Waals surface area contributed by atoms with Gasteiger partial charge >= 0.3 is 0 Å². The number of benzene rings is 1. The quantitative estimate of drug-likeness (QED) is 0.803. The molecule has 0 amide bonds. The lowest BCUT2D eigenvalue weighted by Gasteiger charge is -2.30. The molecule has 1 aliphatic heterocycles. The molecule has 3 rings (SSSR count). The third-order valence-electron chi connectivity index (χ3n) is 3.47. The van der Waals surface area contributed by atoms with Crippen molar-refractivity contribution in [3.05, 3.63) is 35.5 Å². The number of fused-ring (bicyclic) bond motifs is 1. The fourth-order valence-electron chi connectivity index (χ4n) is 2.40. The summed E-state index contributed by atoms with van der Waals surface area (Å²) in [6.45, 7) is 1.67. The zero-order valence-corrected chi connectivity index (χ0v) is 10.8. The fourth-order valence-corrected chi connectivity index (χ4v) is 2.66. The highest BCUT2D eigenvalue weighted by Gasteiger charge is 2.18. The van der Waals surface area contributed by atoms with E-state index >= 15 is 0 Å². The van der Waals surface area contributed by atoms with Gasteiger partial charge in [0.05, 0.1) is 6.10 Å². The molecule has 1 aliphatic rings. The predicted octanol–water partition coefficient (Wildman–Crippen LogP) is 2.85. The lowest BCUT2D eigenvalue weighted by molar-refractivity contribution is 0.145. The summed E-state index contributed by atoms with van der Waals surface area (Å²) in [5, 5.41) is 12.2. The Labute approximate surface area is 111 Å². The van der Waals surface area contributed by atoms with Crippen LogP contribution in [-0.2, 0) is 0 Å². The van der Waals surface area contributed by atoms with Gasteiger partial charge in [-0.05, 0) is 24.3 Å². The molecular formula is C14H15ClN2O. The van der Waals surface area contributed by atoms with E-state index < -0.39 is 0 Å². The van der Waals surface area contributed by atoms with Crippen molar-refractivity contribution >= 4 is 28.2 Å².